The number of pyridine rings is 1. The van der Waals surface area contributed by atoms with Crippen molar-refractivity contribution < 1.29 is 13.9 Å². The standard InChI is InChI=1S/C21H18F2N8O/c22-13-4-3-5-15(17(13)23)31-20(28-29-21(31)32)18-19(24)26-11-14(27-18)12-6-7-16(25-10-12)30-8-1-2-9-30/h3-7,10-11H,1-2,8-9H2,(H2,24,26)(H,29,32). The molecule has 162 valence electrons. The van der Waals surface area contributed by atoms with Gasteiger partial charge in [0.25, 0.3) is 0 Å². The van der Waals surface area contributed by atoms with Crippen LogP contribution in [0.25, 0.3) is 28.5 Å². The Kier molecular flexibility index (Phi) is 4.85. The van der Waals surface area contributed by atoms with E-state index in [-0.39, 0.29) is 23.0 Å². The van der Waals surface area contributed by atoms with Crippen LogP contribution in [0.15, 0.2) is 42.7 Å². The Morgan fingerprint density at radius 2 is 1.78 bits per heavy atom. The van der Waals surface area contributed by atoms with Gasteiger partial charge in [-0.2, -0.15) is 0 Å². The van der Waals surface area contributed by atoms with E-state index in [1.54, 1.807) is 6.20 Å². The predicted octanol–water partition coefficient (Wildman–Crippen LogP) is 2.95. The second-order valence-electron chi connectivity index (χ2n) is 7.32. The van der Waals surface area contributed by atoms with Crippen molar-refractivity contribution in [2.45, 2.75) is 12.8 Å². The number of nitrogen functional groups attached to an aromatic ring is 1. The molecule has 0 amide bonds. The van der Waals surface area contributed by atoms with Gasteiger partial charge in [0, 0.05) is 24.8 Å². The monoisotopic (exact) mass is 436 g/mol. The number of rotatable bonds is 4. The summed E-state index contributed by atoms with van der Waals surface area (Å²) < 4.78 is 29.1. The molecule has 3 N–H and O–H groups in total. The minimum Gasteiger partial charge on any atom is -0.479 e. The highest BCUT2D eigenvalue weighted by atomic mass is 19.2. The summed E-state index contributed by atoms with van der Waals surface area (Å²) in [6.45, 7) is 1.96. The lowest BCUT2D eigenvalue weighted by atomic mass is 10.2. The van der Waals surface area contributed by atoms with Gasteiger partial charge in [0.05, 0.1) is 17.6 Å². The Balaban J connectivity index is 1.56. The van der Waals surface area contributed by atoms with Crippen LogP contribution in [0.3, 0.4) is 0 Å². The first-order valence-electron chi connectivity index (χ1n) is 9.96. The summed E-state index contributed by atoms with van der Waals surface area (Å²) in [6.07, 6.45) is 5.46. The molecule has 0 unspecified atom stereocenters. The highest BCUT2D eigenvalue weighted by molar-refractivity contribution is 5.70. The Morgan fingerprint density at radius 1 is 0.969 bits per heavy atom. The van der Waals surface area contributed by atoms with Crippen LogP contribution in [0.5, 0.6) is 6.01 Å². The van der Waals surface area contributed by atoms with Crippen LogP contribution in [-0.2, 0) is 0 Å². The largest absolute Gasteiger partial charge is 0.479 e. The lowest BCUT2D eigenvalue weighted by Gasteiger charge is -2.16. The normalized spacial score (nSPS) is 13.6. The van der Waals surface area contributed by atoms with E-state index in [0.29, 0.717) is 11.3 Å². The molecule has 0 saturated carbocycles. The molecule has 4 heterocycles. The molecule has 0 spiro atoms. The fourth-order valence-corrected chi connectivity index (χ4v) is 3.69. The number of hydrogen-bond donors (Lipinski definition) is 2. The van der Waals surface area contributed by atoms with Crippen LogP contribution in [-0.4, -0.2) is 47.9 Å². The molecular weight excluding hydrogens is 418 g/mol. The Bertz CT molecular complexity index is 1290. The van der Waals surface area contributed by atoms with Gasteiger partial charge in [-0.3, -0.25) is 0 Å². The molecule has 32 heavy (non-hydrogen) atoms. The maximum atomic E-state index is 14.4. The highest BCUT2D eigenvalue weighted by Gasteiger charge is 2.23. The van der Waals surface area contributed by atoms with Gasteiger partial charge in [0.1, 0.15) is 5.82 Å². The van der Waals surface area contributed by atoms with E-state index in [0.717, 1.165) is 42.4 Å². The van der Waals surface area contributed by atoms with Crippen molar-refractivity contribution in [1.82, 2.24) is 29.7 Å². The molecule has 3 aromatic heterocycles. The molecule has 9 nitrogen and oxygen atoms in total. The molecule has 1 fully saturated rings. The third-order valence-corrected chi connectivity index (χ3v) is 5.30. The molecule has 1 saturated heterocycles. The lowest BCUT2D eigenvalue weighted by Crippen LogP contribution is -2.18. The number of nitrogens with two attached hydrogens (primary N) is 1. The van der Waals surface area contributed by atoms with E-state index >= 15 is 0 Å². The third-order valence-electron chi connectivity index (χ3n) is 5.30. The molecule has 1 aliphatic heterocycles. The van der Waals surface area contributed by atoms with Crippen molar-refractivity contribution in [2.75, 3.05) is 23.7 Å². The molecule has 0 atom stereocenters. The van der Waals surface area contributed by atoms with Crippen molar-refractivity contribution in [3.8, 4) is 34.5 Å². The van der Waals surface area contributed by atoms with E-state index in [2.05, 4.69) is 30.0 Å². The summed E-state index contributed by atoms with van der Waals surface area (Å²) in [4.78, 5) is 15.4. The first kappa shape index (κ1) is 19.8. The van der Waals surface area contributed by atoms with Gasteiger partial charge < -0.3 is 15.7 Å². The zero-order valence-corrected chi connectivity index (χ0v) is 16.8. The van der Waals surface area contributed by atoms with Crippen LogP contribution in [0.4, 0.5) is 20.4 Å². The van der Waals surface area contributed by atoms with Crippen LogP contribution >= 0.6 is 0 Å². The summed E-state index contributed by atoms with van der Waals surface area (Å²) in [6, 6.07) is 6.68. The molecular formula is C21H18F2N8O. The molecule has 5 rings (SSSR count). The van der Waals surface area contributed by atoms with Crippen LogP contribution in [0.1, 0.15) is 12.8 Å². The smallest absolute Gasteiger partial charge is 0.319 e. The van der Waals surface area contributed by atoms with E-state index in [1.165, 1.54) is 18.3 Å². The van der Waals surface area contributed by atoms with Gasteiger partial charge >= 0.3 is 6.01 Å². The number of nitrogens with zero attached hydrogens (tertiary/aromatic N) is 7. The number of benzene rings is 1. The Hall–Kier alpha value is -4.15. The SMILES string of the molecule is Nc1ncc(-c2ccc(N3CCCC3)nc2)nc1-c1nnc(O)n1-c1cccc(F)c1F. The van der Waals surface area contributed by atoms with Crippen molar-refractivity contribution in [1.29, 1.82) is 0 Å². The van der Waals surface area contributed by atoms with Crippen LogP contribution in [0.2, 0.25) is 0 Å². The zero-order valence-electron chi connectivity index (χ0n) is 16.8. The van der Waals surface area contributed by atoms with Crippen molar-refractivity contribution in [3.63, 3.8) is 0 Å². The molecule has 0 aliphatic carbocycles. The lowest BCUT2D eigenvalue weighted by molar-refractivity contribution is 0.416. The topological polar surface area (TPSA) is 119 Å². The second-order valence-corrected chi connectivity index (χ2v) is 7.32. The van der Waals surface area contributed by atoms with Crippen LogP contribution < -0.4 is 10.6 Å². The summed E-state index contributed by atoms with van der Waals surface area (Å²) in [5, 5.41) is 17.6. The Morgan fingerprint density at radius 3 is 2.53 bits per heavy atom. The van der Waals surface area contributed by atoms with Gasteiger partial charge in [-0.25, -0.2) is 28.3 Å². The first-order valence-corrected chi connectivity index (χ1v) is 9.96. The highest BCUT2D eigenvalue weighted by Crippen LogP contribution is 2.31. The summed E-state index contributed by atoms with van der Waals surface area (Å²) in [7, 11) is 0. The van der Waals surface area contributed by atoms with Crippen molar-refractivity contribution >= 4 is 11.6 Å². The van der Waals surface area contributed by atoms with Gasteiger partial charge in [-0.05, 0) is 37.1 Å². The second kappa shape index (κ2) is 7.84. The Labute approximate surface area is 181 Å². The summed E-state index contributed by atoms with van der Waals surface area (Å²) >= 11 is 0. The predicted molar refractivity (Wildman–Crippen MR) is 113 cm³/mol. The fraction of sp³-hybridized carbons (Fsp3) is 0.190. The number of hydrogen-bond acceptors (Lipinski definition) is 8. The number of halogens is 2. The first-order chi connectivity index (χ1) is 15.5. The van der Waals surface area contributed by atoms with Crippen molar-refractivity contribution in [2.24, 2.45) is 0 Å². The zero-order chi connectivity index (χ0) is 22.2. The minimum absolute atomic E-state index is 0.0131. The van der Waals surface area contributed by atoms with Gasteiger partial charge in [0.15, 0.2) is 29.0 Å². The van der Waals surface area contributed by atoms with Crippen molar-refractivity contribution in [3.05, 3.63) is 54.4 Å². The number of aromatic nitrogens is 6. The van der Waals surface area contributed by atoms with Gasteiger partial charge in [-0.1, -0.05) is 11.2 Å². The maximum Gasteiger partial charge on any atom is 0.319 e. The molecule has 1 aliphatic rings. The molecule has 0 radical (unpaired) electrons. The van der Waals surface area contributed by atoms with Gasteiger partial charge in [-0.15, -0.1) is 5.10 Å². The molecule has 11 heteroatoms. The van der Waals surface area contributed by atoms with E-state index in [4.69, 9.17) is 5.73 Å². The summed E-state index contributed by atoms with van der Waals surface area (Å²) in [5.41, 5.74) is 6.91. The number of aromatic hydroxyl groups is 1. The van der Waals surface area contributed by atoms with Gasteiger partial charge in [0.2, 0.25) is 0 Å². The average Bonchev–Trinajstić information content (AvgIpc) is 3.47. The van der Waals surface area contributed by atoms with E-state index in [1.807, 2.05) is 12.1 Å². The minimum atomic E-state index is -1.17. The maximum absolute atomic E-state index is 14.4. The van der Waals surface area contributed by atoms with E-state index in [9.17, 15) is 13.9 Å². The molecule has 4 aromatic rings. The van der Waals surface area contributed by atoms with Crippen LogP contribution in [0, 0.1) is 11.6 Å². The quantitative estimate of drug-likeness (QED) is 0.501. The number of anilines is 2. The molecule has 1 aromatic carbocycles. The summed E-state index contributed by atoms with van der Waals surface area (Å²) in [5.74, 6) is -1.46. The fourth-order valence-electron chi connectivity index (χ4n) is 3.69. The average molecular weight is 436 g/mol. The third kappa shape index (κ3) is 3.37. The molecule has 0 bridgehead atoms. The van der Waals surface area contributed by atoms with E-state index < -0.39 is 17.6 Å².